The minimum absolute atomic E-state index is 0.0533. The zero-order valence-electron chi connectivity index (χ0n) is 19.1. The smallest absolute Gasteiger partial charge is 0.269 e. The molecule has 2 aromatic heterocycles. The highest BCUT2D eigenvalue weighted by molar-refractivity contribution is 5.94. The number of aryl methyl sites for hydroxylation is 1. The van der Waals surface area contributed by atoms with Crippen LogP contribution >= 0.6 is 0 Å². The van der Waals surface area contributed by atoms with Crippen LogP contribution in [0, 0.1) is 17.7 Å². The molecule has 2 aliphatic carbocycles. The molecule has 2 aliphatic heterocycles. The van der Waals surface area contributed by atoms with Gasteiger partial charge in [-0.05, 0) is 55.4 Å². The molecule has 9 heteroatoms. The third-order valence-electron chi connectivity index (χ3n) is 7.25. The Hall–Kier alpha value is -3.74. The average molecular weight is 474 g/mol. The second-order valence-corrected chi connectivity index (χ2v) is 9.53. The number of carbonyl (C=O) groups excluding carboxylic acids is 1. The maximum atomic E-state index is 15.1. The van der Waals surface area contributed by atoms with E-state index in [1.165, 1.54) is 6.07 Å². The summed E-state index contributed by atoms with van der Waals surface area (Å²) in [6.45, 7) is 0. The number of carbonyl (C=O) groups is 1. The molecule has 3 aromatic rings. The summed E-state index contributed by atoms with van der Waals surface area (Å²) in [4.78, 5) is 21.2. The molecule has 2 unspecified atom stereocenters. The minimum atomic E-state index is -1.24. The van der Waals surface area contributed by atoms with Crippen molar-refractivity contribution in [3.05, 3.63) is 64.8 Å². The number of primary amides is 1. The first-order valence-electron chi connectivity index (χ1n) is 11.6. The number of rotatable bonds is 3. The van der Waals surface area contributed by atoms with Crippen LogP contribution in [0.1, 0.15) is 77.4 Å². The fourth-order valence-electron chi connectivity index (χ4n) is 5.35. The Morgan fingerprint density at radius 2 is 2.06 bits per heavy atom. The number of allylic oxidation sites excluding steroid dienone is 2. The largest absolute Gasteiger partial charge is 0.379 e. The first-order valence-corrected chi connectivity index (χ1v) is 11.6. The van der Waals surface area contributed by atoms with Crippen LogP contribution in [0.2, 0.25) is 0 Å². The van der Waals surface area contributed by atoms with Crippen LogP contribution in [0.5, 0.6) is 0 Å². The number of nitrogens with two attached hydrogens (primary N) is 1. The van der Waals surface area contributed by atoms with Crippen molar-refractivity contribution in [1.29, 1.82) is 0 Å². The third kappa shape index (κ3) is 3.32. The quantitative estimate of drug-likeness (QED) is 0.505. The lowest BCUT2D eigenvalue weighted by Crippen LogP contribution is -2.23. The summed E-state index contributed by atoms with van der Waals surface area (Å²) in [5.41, 5.74) is 7.16. The van der Waals surface area contributed by atoms with Gasteiger partial charge in [-0.15, -0.1) is 0 Å². The van der Waals surface area contributed by atoms with E-state index in [0.717, 1.165) is 18.4 Å². The Bertz CT molecular complexity index is 1480. The van der Waals surface area contributed by atoms with Gasteiger partial charge in [0.2, 0.25) is 0 Å². The highest BCUT2D eigenvalue weighted by atomic mass is 19.1. The summed E-state index contributed by atoms with van der Waals surface area (Å²) in [5, 5.41) is 21.9. The van der Waals surface area contributed by atoms with Crippen molar-refractivity contribution >= 4 is 11.5 Å². The summed E-state index contributed by atoms with van der Waals surface area (Å²) in [7, 11) is 1.75. The fraction of sp³-hybridized carbons (Fsp3) is 0.346. The molecular formula is C26H24FN5O3. The van der Waals surface area contributed by atoms with Crippen LogP contribution in [0.15, 0.2) is 30.6 Å². The number of aliphatic hydroxyl groups is 2. The van der Waals surface area contributed by atoms with E-state index in [-0.39, 0.29) is 23.0 Å². The van der Waals surface area contributed by atoms with Crippen LogP contribution in [0.25, 0.3) is 17.0 Å². The van der Waals surface area contributed by atoms with Gasteiger partial charge in [0.15, 0.2) is 11.8 Å². The molecule has 2 bridgehead atoms. The summed E-state index contributed by atoms with van der Waals surface area (Å²) in [6.07, 6.45) is 7.51. The zero-order chi connectivity index (χ0) is 24.5. The highest BCUT2D eigenvalue weighted by Crippen LogP contribution is 2.49. The van der Waals surface area contributed by atoms with Crippen molar-refractivity contribution in [2.45, 2.75) is 49.9 Å². The molecule has 1 fully saturated rings. The number of hydrogen-bond acceptors (Lipinski definition) is 5. The van der Waals surface area contributed by atoms with Gasteiger partial charge in [0.25, 0.3) is 5.91 Å². The minimum Gasteiger partial charge on any atom is -0.379 e. The number of amides is 1. The zero-order valence-corrected chi connectivity index (χ0v) is 19.1. The second kappa shape index (κ2) is 7.63. The lowest BCUT2D eigenvalue weighted by Gasteiger charge is -2.27. The fourth-order valence-corrected chi connectivity index (χ4v) is 5.35. The van der Waals surface area contributed by atoms with E-state index in [1.807, 2.05) is 6.08 Å². The normalized spacial score (nSPS) is 20.0. The van der Waals surface area contributed by atoms with Gasteiger partial charge in [-0.25, -0.2) is 14.4 Å². The number of nitrogens with zero attached hydrogens (tertiary/aromatic N) is 4. The van der Waals surface area contributed by atoms with E-state index in [9.17, 15) is 15.0 Å². The summed E-state index contributed by atoms with van der Waals surface area (Å²) < 4.78 is 18.5. The van der Waals surface area contributed by atoms with Gasteiger partial charge in [0, 0.05) is 25.0 Å². The average Bonchev–Trinajstić information content (AvgIpc) is 3.48. The molecular weight excluding hydrogens is 449 g/mol. The maximum Gasteiger partial charge on any atom is 0.269 e. The highest BCUT2D eigenvalue weighted by Gasteiger charge is 2.39. The lowest BCUT2D eigenvalue weighted by atomic mass is 9.86. The Labute approximate surface area is 200 Å². The number of imidazole rings is 2. The predicted molar refractivity (Wildman–Crippen MR) is 125 cm³/mol. The van der Waals surface area contributed by atoms with Gasteiger partial charge in [0.1, 0.15) is 23.1 Å². The Kier molecular flexibility index (Phi) is 4.75. The molecule has 4 heterocycles. The third-order valence-corrected chi connectivity index (χ3v) is 7.25. The van der Waals surface area contributed by atoms with Gasteiger partial charge in [-0.1, -0.05) is 17.9 Å². The molecule has 35 heavy (non-hydrogen) atoms. The van der Waals surface area contributed by atoms with Gasteiger partial charge < -0.3 is 25.1 Å². The Morgan fingerprint density at radius 1 is 1.31 bits per heavy atom. The van der Waals surface area contributed by atoms with Crippen molar-refractivity contribution in [3.63, 3.8) is 0 Å². The topological polar surface area (TPSA) is 119 Å². The molecule has 4 aliphatic rings. The molecule has 2 atom stereocenters. The van der Waals surface area contributed by atoms with E-state index in [4.69, 9.17) is 5.73 Å². The molecule has 0 saturated heterocycles. The van der Waals surface area contributed by atoms with Crippen LogP contribution in [0.3, 0.4) is 0 Å². The summed E-state index contributed by atoms with van der Waals surface area (Å²) in [5.74, 6) is 5.20. The van der Waals surface area contributed by atoms with Gasteiger partial charge in [-0.2, -0.15) is 0 Å². The maximum absolute atomic E-state index is 15.1. The first-order chi connectivity index (χ1) is 16.8. The van der Waals surface area contributed by atoms with Gasteiger partial charge in [-0.3, -0.25) is 4.79 Å². The number of halogens is 1. The van der Waals surface area contributed by atoms with Gasteiger partial charge in [0.05, 0.1) is 17.3 Å². The number of hydrogen-bond donors (Lipinski definition) is 3. The molecule has 0 spiro atoms. The van der Waals surface area contributed by atoms with Crippen LogP contribution in [-0.2, 0) is 7.05 Å². The van der Waals surface area contributed by atoms with Crippen molar-refractivity contribution in [2.24, 2.45) is 12.8 Å². The molecule has 7 rings (SSSR count). The van der Waals surface area contributed by atoms with E-state index in [2.05, 4.69) is 21.8 Å². The standard InChI is InChI=1S/C26H24FN5O3/c1-31-9-8-29-25(31)22(33)21-20(23(28)34)30-24-18-12-14(4-7-26(35)5-2-3-6-26)19(27)13-17(18)15-10-16(11-15)32(21)24/h8-10,12-13,16,22,33,35H,2-3,5-6,11H2,1H3,(H2,28,34). The molecule has 8 nitrogen and oxygen atoms in total. The Balaban J connectivity index is 1.55. The SMILES string of the molecule is Cn1ccnc1C(O)c1c(C(N)=O)nc2n1C1C=C(C1)c1cc(F)c(C#CC3(O)CCCC3)cc1-2. The number of benzene rings is 1. The van der Waals surface area contributed by atoms with Crippen molar-refractivity contribution < 1.29 is 19.4 Å². The molecule has 0 radical (unpaired) electrons. The van der Waals surface area contributed by atoms with E-state index < -0.39 is 23.4 Å². The second-order valence-electron chi connectivity index (χ2n) is 9.53. The van der Waals surface area contributed by atoms with Crippen molar-refractivity contribution in [1.82, 2.24) is 19.1 Å². The number of aliphatic hydroxyl groups excluding tert-OH is 1. The van der Waals surface area contributed by atoms with E-state index in [1.54, 1.807) is 34.6 Å². The lowest BCUT2D eigenvalue weighted by molar-refractivity contribution is 0.0988. The van der Waals surface area contributed by atoms with E-state index in [0.29, 0.717) is 42.0 Å². The molecule has 178 valence electrons. The molecule has 1 aromatic carbocycles. The van der Waals surface area contributed by atoms with E-state index >= 15 is 4.39 Å². The predicted octanol–water partition coefficient (Wildman–Crippen LogP) is 2.60. The monoisotopic (exact) mass is 473 g/mol. The molecule has 1 amide bonds. The van der Waals surface area contributed by atoms with Crippen LogP contribution in [0.4, 0.5) is 4.39 Å². The van der Waals surface area contributed by atoms with Crippen LogP contribution in [-0.4, -0.2) is 40.8 Å². The van der Waals surface area contributed by atoms with Gasteiger partial charge >= 0.3 is 0 Å². The van der Waals surface area contributed by atoms with Crippen molar-refractivity contribution in [3.8, 4) is 23.2 Å². The molecule has 4 N–H and O–H groups in total. The van der Waals surface area contributed by atoms with Crippen molar-refractivity contribution in [2.75, 3.05) is 0 Å². The first kappa shape index (κ1) is 21.8. The summed E-state index contributed by atoms with van der Waals surface area (Å²) >= 11 is 0. The van der Waals surface area contributed by atoms with Crippen LogP contribution < -0.4 is 5.73 Å². The molecule has 1 saturated carbocycles. The Morgan fingerprint density at radius 3 is 2.71 bits per heavy atom. The summed E-state index contributed by atoms with van der Waals surface area (Å²) in [6, 6.07) is 2.87. The number of aromatic nitrogens is 4.